The SMILES string of the molecule is COc1ccc(N2C(=O)C(Cl)=C(Nc3ccc(C(=O)Nc4c(C)cc(C)cc4C)cc3)C2=O)c(OC)c1. The maximum Gasteiger partial charge on any atom is 0.283 e. The van der Waals surface area contributed by atoms with E-state index >= 15 is 0 Å². The number of ether oxygens (including phenoxy) is 2. The van der Waals surface area contributed by atoms with Crippen LogP contribution in [0.2, 0.25) is 0 Å². The van der Waals surface area contributed by atoms with Crippen LogP contribution < -0.4 is 25.0 Å². The Morgan fingerprint density at radius 2 is 1.51 bits per heavy atom. The van der Waals surface area contributed by atoms with Crippen molar-refractivity contribution in [3.8, 4) is 11.5 Å². The summed E-state index contributed by atoms with van der Waals surface area (Å²) in [7, 11) is 2.93. The Hall–Kier alpha value is -4.30. The van der Waals surface area contributed by atoms with Crippen molar-refractivity contribution in [2.45, 2.75) is 20.8 Å². The zero-order valence-electron chi connectivity index (χ0n) is 21.1. The van der Waals surface area contributed by atoms with Crippen LogP contribution in [0.25, 0.3) is 0 Å². The van der Waals surface area contributed by atoms with Crippen molar-refractivity contribution in [1.82, 2.24) is 0 Å². The second kappa shape index (κ2) is 10.4. The number of anilines is 3. The molecule has 4 rings (SSSR count). The van der Waals surface area contributed by atoms with E-state index in [0.29, 0.717) is 17.0 Å². The zero-order chi connectivity index (χ0) is 26.9. The predicted octanol–water partition coefficient (Wildman–Crippen LogP) is 5.32. The van der Waals surface area contributed by atoms with E-state index in [9.17, 15) is 14.4 Å². The number of rotatable bonds is 7. The summed E-state index contributed by atoms with van der Waals surface area (Å²) in [5.74, 6) is -0.790. The van der Waals surface area contributed by atoms with Gasteiger partial charge in [-0.1, -0.05) is 29.3 Å². The summed E-state index contributed by atoms with van der Waals surface area (Å²) in [4.78, 5) is 39.8. The highest BCUT2D eigenvalue weighted by molar-refractivity contribution is 6.53. The Kier molecular flexibility index (Phi) is 7.22. The number of amides is 3. The summed E-state index contributed by atoms with van der Waals surface area (Å²) in [6.07, 6.45) is 0. The average molecular weight is 520 g/mol. The van der Waals surface area contributed by atoms with Crippen molar-refractivity contribution >= 4 is 46.4 Å². The van der Waals surface area contributed by atoms with E-state index in [1.807, 2.05) is 32.9 Å². The largest absolute Gasteiger partial charge is 0.497 e. The number of carbonyl (C=O) groups excluding carboxylic acids is 3. The molecule has 0 aliphatic carbocycles. The van der Waals surface area contributed by atoms with Gasteiger partial charge in [0.25, 0.3) is 17.7 Å². The van der Waals surface area contributed by atoms with Crippen molar-refractivity contribution < 1.29 is 23.9 Å². The molecule has 3 aromatic carbocycles. The van der Waals surface area contributed by atoms with E-state index in [0.717, 1.165) is 27.3 Å². The number of benzene rings is 3. The Bertz CT molecular complexity index is 1420. The molecule has 0 unspecified atom stereocenters. The first-order valence-electron chi connectivity index (χ1n) is 11.4. The van der Waals surface area contributed by atoms with Gasteiger partial charge in [-0.3, -0.25) is 14.4 Å². The quantitative estimate of drug-likeness (QED) is 0.410. The fourth-order valence-electron chi connectivity index (χ4n) is 4.21. The fraction of sp³-hybridized carbons (Fsp3) is 0.179. The number of halogens is 1. The van der Waals surface area contributed by atoms with Crippen molar-refractivity contribution in [3.05, 3.63) is 87.6 Å². The lowest BCUT2D eigenvalue weighted by molar-refractivity contribution is -0.120. The molecular formula is C28H26ClN3O5. The third-order valence-electron chi connectivity index (χ3n) is 5.99. The van der Waals surface area contributed by atoms with Crippen molar-refractivity contribution in [2.75, 3.05) is 29.8 Å². The fourth-order valence-corrected chi connectivity index (χ4v) is 4.42. The Balaban J connectivity index is 1.52. The molecular weight excluding hydrogens is 494 g/mol. The van der Waals surface area contributed by atoms with E-state index < -0.39 is 11.8 Å². The Morgan fingerprint density at radius 1 is 0.865 bits per heavy atom. The Morgan fingerprint density at radius 3 is 2.11 bits per heavy atom. The van der Waals surface area contributed by atoms with Gasteiger partial charge in [0.1, 0.15) is 22.2 Å². The summed E-state index contributed by atoms with van der Waals surface area (Å²) in [6, 6.07) is 15.3. The van der Waals surface area contributed by atoms with Gasteiger partial charge in [-0.05, 0) is 68.3 Å². The van der Waals surface area contributed by atoms with Gasteiger partial charge in [-0.25, -0.2) is 4.90 Å². The first-order valence-corrected chi connectivity index (χ1v) is 11.8. The molecule has 190 valence electrons. The van der Waals surface area contributed by atoms with Gasteiger partial charge >= 0.3 is 0 Å². The van der Waals surface area contributed by atoms with Gasteiger partial charge < -0.3 is 20.1 Å². The summed E-state index contributed by atoms with van der Waals surface area (Å²) >= 11 is 6.26. The number of nitrogens with one attached hydrogen (secondary N) is 2. The van der Waals surface area contributed by atoms with Crippen LogP contribution >= 0.6 is 11.6 Å². The molecule has 1 aliphatic rings. The lowest BCUT2D eigenvalue weighted by atomic mass is 10.0. The molecule has 0 saturated heterocycles. The van der Waals surface area contributed by atoms with Gasteiger partial charge in [0, 0.05) is 23.0 Å². The minimum Gasteiger partial charge on any atom is -0.497 e. The van der Waals surface area contributed by atoms with E-state index in [-0.39, 0.29) is 28.1 Å². The summed E-state index contributed by atoms with van der Waals surface area (Å²) in [5, 5.41) is 5.62. The number of imide groups is 1. The predicted molar refractivity (Wildman–Crippen MR) is 144 cm³/mol. The maximum atomic E-state index is 13.2. The normalized spacial score (nSPS) is 13.2. The third-order valence-corrected chi connectivity index (χ3v) is 6.34. The van der Waals surface area contributed by atoms with Gasteiger partial charge in [0.05, 0.1) is 19.9 Å². The maximum absolute atomic E-state index is 13.2. The number of carbonyl (C=O) groups is 3. The molecule has 0 bridgehead atoms. The van der Waals surface area contributed by atoms with Crippen LogP contribution in [0.4, 0.5) is 17.1 Å². The molecule has 1 heterocycles. The zero-order valence-corrected chi connectivity index (χ0v) is 21.8. The first-order chi connectivity index (χ1) is 17.6. The highest BCUT2D eigenvalue weighted by Crippen LogP contribution is 2.37. The highest BCUT2D eigenvalue weighted by atomic mass is 35.5. The average Bonchev–Trinajstić information content (AvgIpc) is 3.08. The van der Waals surface area contributed by atoms with Crippen molar-refractivity contribution in [2.24, 2.45) is 0 Å². The first kappa shape index (κ1) is 25.8. The molecule has 9 heteroatoms. The minimum absolute atomic E-state index is 0.0763. The van der Waals surface area contributed by atoms with Gasteiger partial charge in [-0.15, -0.1) is 0 Å². The Labute approximate surface area is 219 Å². The number of nitrogens with zero attached hydrogens (tertiary/aromatic N) is 1. The molecule has 3 amide bonds. The molecule has 1 aliphatic heterocycles. The van der Waals surface area contributed by atoms with E-state index in [2.05, 4.69) is 10.6 Å². The molecule has 37 heavy (non-hydrogen) atoms. The standard InChI is InChI=1S/C28H26ClN3O5/c1-15-12-16(2)24(17(3)13-15)31-26(33)18-6-8-19(9-7-18)30-25-23(29)27(34)32(28(25)35)21-11-10-20(36-4)14-22(21)37-5/h6-14,30H,1-5H3,(H,31,33). The second-order valence-electron chi connectivity index (χ2n) is 8.60. The molecule has 0 saturated carbocycles. The third kappa shape index (κ3) is 5.01. The molecule has 0 spiro atoms. The van der Waals surface area contributed by atoms with Gasteiger partial charge in [0.15, 0.2) is 0 Å². The minimum atomic E-state index is -0.683. The van der Waals surface area contributed by atoms with Crippen LogP contribution in [-0.4, -0.2) is 31.9 Å². The second-order valence-corrected chi connectivity index (χ2v) is 8.98. The molecule has 0 aromatic heterocycles. The van der Waals surface area contributed by atoms with Crippen LogP contribution in [0.15, 0.2) is 65.3 Å². The molecule has 0 radical (unpaired) electrons. The van der Waals surface area contributed by atoms with Crippen LogP contribution in [0.1, 0.15) is 27.0 Å². The van der Waals surface area contributed by atoms with Crippen molar-refractivity contribution in [3.63, 3.8) is 0 Å². The molecule has 2 N–H and O–H groups in total. The summed E-state index contributed by atoms with van der Waals surface area (Å²) < 4.78 is 10.5. The van der Waals surface area contributed by atoms with Gasteiger partial charge in [0.2, 0.25) is 0 Å². The smallest absolute Gasteiger partial charge is 0.283 e. The number of methoxy groups -OCH3 is 2. The van der Waals surface area contributed by atoms with Gasteiger partial charge in [-0.2, -0.15) is 0 Å². The number of aryl methyl sites for hydroxylation is 3. The van der Waals surface area contributed by atoms with Crippen LogP contribution in [-0.2, 0) is 9.59 Å². The lowest BCUT2D eigenvalue weighted by Gasteiger charge is -2.18. The number of hydrogen-bond acceptors (Lipinski definition) is 6. The highest BCUT2D eigenvalue weighted by Gasteiger charge is 2.40. The van der Waals surface area contributed by atoms with Crippen LogP contribution in [0.5, 0.6) is 11.5 Å². The topological polar surface area (TPSA) is 97.0 Å². The summed E-state index contributed by atoms with van der Waals surface area (Å²) in [5.41, 5.74) is 4.94. The molecule has 3 aromatic rings. The van der Waals surface area contributed by atoms with Crippen LogP contribution in [0.3, 0.4) is 0 Å². The monoisotopic (exact) mass is 519 g/mol. The molecule has 8 nitrogen and oxygen atoms in total. The van der Waals surface area contributed by atoms with Crippen LogP contribution in [0, 0.1) is 20.8 Å². The molecule has 0 atom stereocenters. The van der Waals surface area contributed by atoms with E-state index in [1.54, 1.807) is 42.5 Å². The van der Waals surface area contributed by atoms with E-state index in [4.69, 9.17) is 21.1 Å². The van der Waals surface area contributed by atoms with Crippen molar-refractivity contribution in [1.29, 1.82) is 0 Å². The lowest BCUT2D eigenvalue weighted by Crippen LogP contribution is -2.32. The number of hydrogen-bond donors (Lipinski definition) is 2. The van der Waals surface area contributed by atoms with E-state index in [1.165, 1.54) is 14.2 Å². The molecule has 0 fully saturated rings. The summed E-state index contributed by atoms with van der Waals surface area (Å²) in [6.45, 7) is 5.91.